The number of hydrogen-bond donors (Lipinski definition) is 2. The number of imidazole rings is 2. The Bertz CT molecular complexity index is 1680. The number of carboxylic acids is 2. The van der Waals surface area contributed by atoms with Crippen molar-refractivity contribution >= 4 is 34.0 Å². The summed E-state index contributed by atoms with van der Waals surface area (Å²) < 4.78 is 67.1. The van der Waals surface area contributed by atoms with Crippen LogP contribution >= 0.6 is 0 Å². The summed E-state index contributed by atoms with van der Waals surface area (Å²) in [6, 6.07) is 15.6. The molecular weight excluding hydrogens is 602 g/mol. The van der Waals surface area contributed by atoms with Crippen LogP contribution in [0.25, 0.3) is 33.7 Å². The molecule has 0 aliphatic carbocycles. The van der Waals surface area contributed by atoms with Crippen molar-refractivity contribution in [3.63, 3.8) is 0 Å². The SMILES string of the molecule is O=C(O)C(F)(F)F.O=C(O)C(F)(F)F.c1ccc2nc(-n3ccnc3)cnc2c1.c1ccc2nc(-n3ccnc3)cnc2c1. The highest BCUT2D eigenvalue weighted by Crippen LogP contribution is 2.14. The van der Waals surface area contributed by atoms with Crippen molar-refractivity contribution in [1.29, 1.82) is 0 Å². The van der Waals surface area contributed by atoms with Crippen LogP contribution in [0.4, 0.5) is 26.3 Å². The zero-order valence-corrected chi connectivity index (χ0v) is 21.8. The van der Waals surface area contributed by atoms with Crippen molar-refractivity contribution in [3.05, 3.63) is 98.4 Å². The summed E-state index contributed by atoms with van der Waals surface area (Å²) in [4.78, 5) is 43.3. The van der Waals surface area contributed by atoms with E-state index < -0.39 is 24.3 Å². The maximum absolute atomic E-state index is 10.6. The van der Waals surface area contributed by atoms with Crippen molar-refractivity contribution in [2.24, 2.45) is 0 Å². The van der Waals surface area contributed by atoms with Gasteiger partial charge in [-0.3, -0.25) is 19.1 Å². The van der Waals surface area contributed by atoms with E-state index in [4.69, 9.17) is 19.8 Å². The van der Waals surface area contributed by atoms with E-state index in [0.29, 0.717) is 0 Å². The number of carbonyl (C=O) groups is 2. The second-order valence-electron chi connectivity index (χ2n) is 7.98. The number of para-hydroxylation sites is 4. The van der Waals surface area contributed by atoms with Gasteiger partial charge in [0.1, 0.15) is 12.7 Å². The zero-order valence-electron chi connectivity index (χ0n) is 21.8. The highest BCUT2D eigenvalue weighted by atomic mass is 19.4. The summed E-state index contributed by atoms with van der Waals surface area (Å²) in [5.41, 5.74) is 3.59. The normalized spacial score (nSPS) is 10.9. The molecule has 0 radical (unpaired) electrons. The molecule has 228 valence electrons. The number of aliphatic carboxylic acids is 2. The quantitative estimate of drug-likeness (QED) is 0.255. The Labute approximate surface area is 242 Å². The van der Waals surface area contributed by atoms with E-state index in [-0.39, 0.29) is 0 Å². The predicted molar refractivity (Wildman–Crippen MR) is 141 cm³/mol. The highest BCUT2D eigenvalue weighted by Gasteiger charge is 2.38. The lowest BCUT2D eigenvalue weighted by Crippen LogP contribution is -2.21. The van der Waals surface area contributed by atoms with Gasteiger partial charge in [-0.25, -0.2) is 29.5 Å². The van der Waals surface area contributed by atoms with Gasteiger partial charge in [-0.1, -0.05) is 24.3 Å². The molecule has 4 heterocycles. The number of alkyl halides is 6. The standard InChI is InChI=1S/2C11H8N4.2C2HF3O2/c2*1-2-4-10-9(3-1)13-7-11(14-10)15-6-5-12-8-15;2*3-2(4,5)1(6)7/h2*1-8H;2*(H,6,7). The van der Waals surface area contributed by atoms with Gasteiger partial charge in [0, 0.05) is 24.8 Å². The minimum absolute atomic E-state index is 0.784. The van der Waals surface area contributed by atoms with E-state index in [9.17, 15) is 26.3 Å². The average molecular weight is 620 g/mol. The number of rotatable bonds is 2. The molecule has 0 aliphatic heterocycles. The summed E-state index contributed by atoms with van der Waals surface area (Å²) >= 11 is 0. The Kier molecular flexibility index (Phi) is 10.6. The molecule has 44 heavy (non-hydrogen) atoms. The van der Waals surface area contributed by atoms with Crippen molar-refractivity contribution in [1.82, 2.24) is 39.0 Å². The first kappa shape index (κ1) is 32.6. The molecule has 4 aromatic heterocycles. The fourth-order valence-electron chi connectivity index (χ4n) is 2.93. The maximum atomic E-state index is 10.6. The highest BCUT2D eigenvalue weighted by molar-refractivity contribution is 5.75. The Morgan fingerprint density at radius 2 is 0.909 bits per heavy atom. The molecule has 6 rings (SSSR count). The van der Waals surface area contributed by atoms with Crippen molar-refractivity contribution in [2.45, 2.75) is 12.4 Å². The average Bonchev–Trinajstić information content (AvgIpc) is 3.72. The Balaban J connectivity index is 0.000000172. The van der Waals surface area contributed by atoms with E-state index in [1.165, 1.54) is 0 Å². The molecule has 2 N–H and O–H groups in total. The second-order valence-corrected chi connectivity index (χ2v) is 7.98. The van der Waals surface area contributed by atoms with Crippen LogP contribution in [-0.2, 0) is 9.59 Å². The molecule has 0 spiro atoms. The van der Waals surface area contributed by atoms with E-state index >= 15 is 0 Å². The topological polar surface area (TPSA) is 162 Å². The second kappa shape index (κ2) is 14.3. The molecule has 2 aromatic carbocycles. The maximum Gasteiger partial charge on any atom is 0.490 e. The number of carboxylic acid groups (broad SMARTS) is 2. The van der Waals surface area contributed by atoms with Crippen LogP contribution in [0.15, 0.2) is 98.4 Å². The number of benzene rings is 2. The third-order valence-corrected chi connectivity index (χ3v) is 4.89. The summed E-state index contributed by atoms with van der Waals surface area (Å²) in [5.74, 6) is -3.95. The molecule has 0 saturated heterocycles. The fraction of sp³-hybridized carbons (Fsp3) is 0.0769. The Morgan fingerprint density at radius 1 is 0.591 bits per heavy atom. The Morgan fingerprint density at radius 3 is 1.18 bits per heavy atom. The largest absolute Gasteiger partial charge is 0.490 e. The third kappa shape index (κ3) is 9.57. The fourth-order valence-corrected chi connectivity index (χ4v) is 2.93. The summed E-state index contributed by atoms with van der Waals surface area (Å²) in [7, 11) is 0. The van der Waals surface area contributed by atoms with Gasteiger partial charge in [-0.05, 0) is 24.3 Å². The van der Waals surface area contributed by atoms with Crippen LogP contribution in [0.1, 0.15) is 0 Å². The van der Waals surface area contributed by atoms with Crippen LogP contribution in [0.3, 0.4) is 0 Å². The third-order valence-electron chi connectivity index (χ3n) is 4.89. The molecule has 12 nitrogen and oxygen atoms in total. The minimum atomic E-state index is -5.08. The molecule has 0 atom stereocenters. The molecule has 0 unspecified atom stereocenters. The molecule has 0 saturated carbocycles. The number of halogens is 6. The molecular formula is C26H18F6N8O4. The van der Waals surface area contributed by atoms with Gasteiger partial charge < -0.3 is 10.2 Å². The van der Waals surface area contributed by atoms with Crippen molar-refractivity contribution in [2.75, 3.05) is 0 Å². The van der Waals surface area contributed by atoms with Crippen molar-refractivity contribution < 1.29 is 46.1 Å². The first-order valence-electron chi connectivity index (χ1n) is 11.8. The van der Waals surface area contributed by atoms with Gasteiger partial charge in [0.15, 0.2) is 11.6 Å². The predicted octanol–water partition coefficient (Wildman–Crippen LogP) is 4.90. The first-order chi connectivity index (χ1) is 20.8. The first-order valence-corrected chi connectivity index (χ1v) is 11.8. The molecule has 0 aliphatic rings. The van der Waals surface area contributed by atoms with Crippen LogP contribution in [-0.4, -0.2) is 73.5 Å². The number of nitrogens with zero attached hydrogens (tertiary/aromatic N) is 8. The Hall–Kier alpha value is -5.94. The van der Waals surface area contributed by atoms with E-state index in [1.54, 1.807) is 37.4 Å². The summed E-state index contributed by atoms with van der Waals surface area (Å²) in [6.45, 7) is 0. The smallest absolute Gasteiger partial charge is 0.475 e. The molecule has 0 fully saturated rings. The van der Waals surface area contributed by atoms with Gasteiger partial charge >= 0.3 is 24.3 Å². The number of fused-ring (bicyclic) bond motifs is 2. The van der Waals surface area contributed by atoms with Gasteiger partial charge in [0.25, 0.3) is 0 Å². The van der Waals surface area contributed by atoms with E-state index in [1.807, 2.05) is 70.1 Å². The summed E-state index contributed by atoms with van der Waals surface area (Å²) in [6.07, 6.45) is 3.86. The molecule has 0 amide bonds. The van der Waals surface area contributed by atoms with Gasteiger partial charge in [-0.15, -0.1) is 0 Å². The van der Waals surface area contributed by atoms with Gasteiger partial charge in [0.2, 0.25) is 0 Å². The van der Waals surface area contributed by atoms with Gasteiger partial charge in [0.05, 0.1) is 34.5 Å². The van der Waals surface area contributed by atoms with Gasteiger partial charge in [-0.2, -0.15) is 26.3 Å². The lowest BCUT2D eigenvalue weighted by Gasteiger charge is -2.01. The molecule has 6 aromatic rings. The van der Waals surface area contributed by atoms with E-state index in [0.717, 1.165) is 33.7 Å². The molecule has 0 bridgehead atoms. The number of aromatic nitrogens is 8. The lowest BCUT2D eigenvalue weighted by atomic mass is 10.3. The van der Waals surface area contributed by atoms with Crippen molar-refractivity contribution in [3.8, 4) is 11.6 Å². The van der Waals surface area contributed by atoms with Crippen LogP contribution in [0, 0.1) is 0 Å². The minimum Gasteiger partial charge on any atom is -0.475 e. The molecule has 18 heteroatoms. The van der Waals surface area contributed by atoms with Crippen LogP contribution < -0.4 is 0 Å². The van der Waals surface area contributed by atoms with Crippen LogP contribution in [0.5, 0.6) is 0 Å². The monoisotopic (exact) mass is 620 g/mol. The van der Waals surface area contributed by atoms with E-state index in [2.05, 4.69) is 29.9 Å². The van der Waals surface area contributed by atoms with Crippen LogP contribution in [0.2, 0.25) is 0 Å². The lowest BCUT2D eigenvalue weighted by molar-refractivity contribution is -0.193. The number of hydrogen-bond acceptors (Lipinski definition) is 8. The summed E-state index contributed by atoms with van der Waals surface area (Å²) in [5, 5.41) is 14.2. The zero-order chi connectivity index (χ0) is 32.3.